The van der Waals surface area contributed by atoms with Gasteiger partial charge in [0.1, 0.15) is 12.3 Å². The van der Waals surface area contributed by atoms with E-state index in [4.69, 9.17) is 16.3 Å². The molecule has 1 aromatic carbocycles. The Morgan fingerprint density at radius 2 is 2.20 bits per heavy atom. The molecule has 30 heavy (non-hydrogen) atoms. The Kier molecular flexibility index (Phi) is 4.47. The molecule has 0 spiro atoms. The molecule has 0 bridgehead atoms. The largest absolute Gasteiger partial charge is 0.493 e. The highest BCUT2D eigenvalue weighted by molar-refractivity contribution is 6.30. The number of aromatic nitrogens is 6. The molecule has 10 nitrogen and oxygen atoms in total. The van der Waals surface area contributed by atoms with E-state index in [1.807, 2.05) is 12.1 Å². The number of hydrogen-bond acceptors (Lipinski definition) is 7. The molecule has 3 heterocycles. The Labute approximate surface area is 173 Å². The Morgan fingerprint density at radius 1 is 1.33 bits per heavy atom. The molecule has 152 valence electrons. The molecule has 1 saturated carbocycles. The number of hydrogen-bond donors (Lipinski definition) is 3. The average molecular weight is 426 g/mol. The van der Waals surface area contributed by atoms with Crippen molar-refractivity contribution in [1.82, 2.24) is 29.5 Å². The van der Waals surface area contributed by atoms with E-state index in [0.29, 0.717) is 21.5 Å². The quantitative estimate of drug-likeness (QED) is 0.430. The summed E-state index contributed by atoms with van der Waals surface area (Å²) in [5.41, 5.74) is 1.40. The van der Waals surface area contributed by atoms with Gasteiger partial charge in [0.25, 0.3) is 5.62 Å². The number of H-pyrrole nitrogens is 2. The van der Waals surface area contributed by atoms with Gasteiger partial charge in [-0.2, -0.15) is 19.6 Å². The lowest BCUT2D eigenvalue weighted by atomic mass is 10.2. The van der Waals surface area contributed by atoms with Gasteiger partial charge in [-0.25, -0.2) is 9.79 Å². The first kappa shape index (κ1) is 18.4. The molecule has 0 amide bonds. The van der Waals surface area contributed by atoms with Crippen molar-refractivity contribution in [3.8, 4) is 11.9 Å². The fraction of sp³-hybridized carbons (Fsp3) is 0.211. The molecule has 4 aromatic rings. The molecule has 5 rings (SSSR count). The standard InChI is InChI=1S/C19H16ClN7O3/c20-12-3-1-2-10(6-12)9-30-19-24-15-11(7-14-16(28)25-18(29)23-14)8-21-27(15)17(26-19)22-13-4-5-13/h1-3,6-8,13,28H,4-5,9H2,(H2,23,25,29)/b11-7-,22-17?. The van der Waals surface area contributed by atoms with Gasteiger partial charge in [0, 0.05) is 10.2 Å². The number of aromatic hydroxyl groups is 1. The first-order valence-electron chi connectivity index (χ1n) is 9.25. The minimum absolute atomic E-state index is 0.142. The van der Waals surface area contributed by atoms with Gasteiger partial charge in [-0.05, 0) is 36.6 Å². The fourth-order valence-corrected chi connectivity index (χ4v) is 3.11. The lowest BCUT2D eigenvalue weighted by Crippen LogP contribution is -2.23. The fourth-order valence-electron chi connectivity index (χ4n) is 2.90. The first-order chi connectivity index (χ1) is 14.5. The van der Waals surface area contributed by atoms with Gasteiger partial charge in [-0.1, -0.05) is 23.7 Å². The molecule has 11 heteroatoms. The normalized spacial score (nSPS) is 15.2. The van der Waals surface area contributed by atoms with Crippen LogP contribution in [-0.4, -0.2) is 40.7 Å². The van der Waals surface area contributed by atoms with E-state index in [2.05, 4.69) is 30.0 Å². The number of rotatable bonds is 5. The van der Waals surface area contributed by atoms with Crippen LogP contribution in [0.25, 0.3) is 11.7 Å². The van der Waals surface area contributed by atoms with Crippen LogP contribution in [0.1, 0.15) is 24.1 Å². The number of halogens is 1. The molecule has 1 fully saturated rings. The Morgan fingerprint density at radius 3 is 2.93 bits per heavy atom. The lowest BCUT2D eigenvalue weighted by molar-refractivity contribution is 0.278. The van der Waals surface area contributed by atoms with Gasteiger partial charge in [0.15, 0.2) is 5.65 Å². The zero-order valence-corrected chi connectivity index (χ0v) is 16.3. The number of benzene rings is 1. The van der Waals surface area contributed by atoms with Gasteiger partial charge in [0.05, 0.1) is 12.2 Å². The van der Waals surface area contributed by atoms with Crippen LogP contribution in [0.4, 0.5) is 0 Å². The number of nitrogens with one attached hydrogen (secondary N) is 2. The summed E-state index contributed by atoms with van der Waals surface area (Å²) in [6, 6.07) is 7.68. The molecule has 0 atom stereocenters. The van der Waals surface area contributed by atoms with Crippen LogP contribution in [0.15, 0.2) is 40.2 Å². The molecular formula is C19H16ClN7O3. The molecule has 3 N–H and O–H groups in total. The molecular weight excluding hydrogens is 410 g/mol. The Hall–Kier alpha value is -3.66. The molecule has 0 radical (unpaired) electrons. The minimum atomic E-state index is -0.514. The average Bonchev–Trinajstić information content (AvgIpc) is 3.35. The highest BCUT2D eigenvalue weighted by atomic mass is 35.5. The van der Waals surface area contributed by atoms with Crippen LogP contribution in [-0.2, 0) is 6.61 Å². The summed E-state index contributed by atoms with van der Waals surface area (Å²) < 4.78 is 7.30. The summed E-state index contributed by atoms with van der Waals surface area (Å²) in [4.78, 5) is 29.6. The number of imidazole rings is 1. The number of fused-ring (bicyclic) bond motifs is 1. The van der Waals surface area contributed by atoms with Crippen molar-refractivity contribution < 1.29 is 9.84 Å². The minimum Gasteiger partial charge on any atom is -0.493 e. The molecule has 3 aromatic heterocycles. The van der Waals surface area contributed by atoms with E-state index in [1.54, 1.807) is 24.4 Å². The third-order valence-corrected chi connectivity index (χ3v) is 4.73. The second-order valence-corrected chi connectivity index (χ2v) is 7.34. The van der Waals surface area contributed by atoms with Crippen molar-refractivity contribution in [3.63, 3.8) is 0 Å². The monoisotopic (exact) mass is 425 g/mol. The Balaban J connectivity index is 1.59. The summed E-state index contributed by atoms with van der Waals surface area (Å²) >= 11 is 6.03. The third kappa shape index (κ3) is 3.77. The predicted octanol–water partition coefficient (Wildman–Crippen LogP) is 0.689. The molecule has 0 aliphatic heterocycles. The second kappa shape index (κ2) is 7.30. The van der Waals surface area contributed by atoms with Gasteiger partial charge >= 0.3 is 11.7 Å². The smallest absolute Gasteiger partial charge is 0.326 e. The van der Waals surface area contributed by atoms with Gasteiger partial charge in [0.2, 0.25) is 5.88 Å². The van der Waals surface area contributed by atoms with E-state index in [1.165, 1.54) is 4.52 Å². The molecule has 0 unspecified atom stereocenters. The van der Waals surface area contributed by atoms with Crippen molar-refractivity contribution in [3.05, 3.63) is 68.1 Å². The topological polar surface area (TPSA) is 134 Å². The third-order valence-electron chi connectivity index (χ3n) is 4.49. The number of aromatic amines is 2. The predicted molar refractivity (Wildman–Crippen MR) is 107 cm³/mol. The summed E-state index contributed by atoms with van der Waals surface area (Å²) in [5.74, 6) is -0.270. The van der Waals surface area contributed by atoms with Crippen LogP contribution in [0.5, 0.6) is 11.9 Å². The highest BCUT2D eigenvalue weighted by Gasteiger charge is 2.21. The van der Waals surface area contributed by atoms with E-state index in [0.717, 1.165) is 18.4 Å². The van der Waals surface area contributed by atoms with E-state index in [-0.39, 0.29) is 30.2 Å². The second-order valence-electron chi connectivity index (χ2n) is 6.91. The first-order valence-corrected chi connectivity index (χ1v) is 9.63. The van der Waals surface area contributed by atoms with Crippen molar-refractivity contribution in [2.45, 2.75) is 25.5 Å². The summed E-state index contributed by atoms with van der Waals surface area (Å²) in [6.07, 6.45) is 5.12. The maximum absolute atomic E-state index is 11.4. The van der Waals surface area contributed by atoms with Gasteiger partial charge in [-0.3, -0.25) is 4.98 Å². The Bertz CT molecular complexity index is 1420. The molecule has 1 aliphatic carbocycles. The van der Waals surface area contributed by atoms with E-state index in [9.17, 15) is 9.90 Å². The van der Waals surface area contributed by atoms with Crippen LogP contribution in [0, 0.1) is 0 Å². The number of ether oxygens (including phenoxy) is 1. The van der Waals surface area contributed by atoms with E-state index >= 15 is 0 Å². The SMILES string of the molecule is O=c1[nH]c(O)c(/C=c2/cnn3c(=NC4CC4)nc(OCc4cccc(Cl)c4)nc23)[nH]1. The van der Waals surface area contributed by atoms with Crippen molar-refractivity contribution >= 4 is 23.3 Å². The maximum Gasteiger partial charge on any atom is 0.326 e. The summed E-state index contributed by atoms with van der Waals surface area (Å²) in [5, 5.41) is 15.3. The zero-order valence-electron chi connectivity index (χ0n) is 15.5. The number of nitrogens with zero attached hydrogens (tertiary/aromatic N) is 5. The maximum atomic E-state index is 11.4. The highest BCUT2D eigenvalue weighted by Crippen LogP contribution is 2.22. The summed E-state index contributed by atoms with van der Waals surface area (Å²) in [7, 11) is 0. The van der Waals surface area contributed by atoms with Crippen LogP contribution < -0.4 is 21.3 Å². The molecule has 1 aliphatic rings. The zero-order chi connectivity index (χ0) is 20.7. The van der Waals surface area contributed by atoms with Crippen molar-refractivity contribution in [2.24, 2.45) is 4.99 Å². The lowest BCUT2D eigenvalue weighted by Gasteiger charge is -2.05. The van der Waals surface area contributed by atoms with Gasteiger partial charge < -0.3 is 14.8 Å². The van der Waals surface area contributed by atoms with Gasteiger partial charge in [-0.15, -0.1) is 0 Å². The van der Waals surface area contributed by atoms with E-state index < -0.39 is 5.69 Å². The van der Waals surface area contributed by atoms with Crippen molar-refractivity contribution in [1.29, 1.82) is 0 Å². The van der Waals surface area contributed by atoms with Crippen molar-refractivity contribution in [2.75, 3.05) is 0 Å². The summed E-state index contributed by atoms with van der Waals surface area (Å²) in [6.45, 7) is 0.235. The van der Waals surface area contributed by atoms with Crippen LogP contribution in [0.2, 0.25) is 5.02 Å². The van der Waals surface area contributed by atoms with Crippen LogP contribution >= 0.6 is 11.6 Å². The van der Waals surface area contributed by atoms with Crippen LogP contribution in [0.3, 0.4) is 0 Å². The molecule has 0 saturated heterocycles.